The molecule has 0 aliphatic carbocycles. The fourth-order valence-electron chi connectivity index (χ4n) is 3.13. The van der Waals surface area contributed by atoms with Crippen LogP contribution in [0.25, 0.3) is 0 Å². The van der Waals surface area contributed by atoms with Gasteiger partial charge in [-0.1, -0.05) is 49.7 Å². The minimum absolute atomic E-state index is 0.0299. The zero-order valence-corrected chi connectivity index (χ0v) is 18.7. The molecule has 7 heteroatoms. The number of nitrogens with one attached hydrogen (secondary N) is 2. The molecule has 0 saturated carbocycles. The number of hydrogen-bond donors (Lipinski definition) is 2. The lowest BCUT2D eigenvalue weighted by atomic mass is 10.0. The van der Waals surface area contributed by atoms with Crippen LogP contribution in [0.2, 0.25) is 0 Å². The van der Waals surface area contributed by atoms with E-state index in [0.717, 1.165) is 23.3 Å². The smallest absolute Gasteiger partial charge is 0.252 e. The molecule has 0 fully saturated rings. The van der Waals surface area contributed by atoms with Crippen molar-refractivity contribution in [2.75, 3.05) is 10.5 Å². The van der Waals surface area contributed by atoms with Crippen LogP contribution in [0, 0.1) is 0 Å². The second-order valence-corrected chi connectivity index (χ2v) is 9.99. The van der Waals surface area contributed by atoms with Crippen molar-refractivity contribution in [3.05, 3.63) is 87.6 Å². The van der Waals surface area contributed by atoms with Crippen LogP contribution in [0.4, 0.5) is 5.69 Å². The van der Waals surface area contributed by atoms with Crippen molar-refractivity contribution in [1.29, 1.82) is 0 Å². The summed E-state index contributed by atoms with van der Waals surface area (Å²) in [6.07, 6.45) is 2.11. The monoisotopic (exact) mass is 442 g/mol. The first kappa shape index (κ1) is 22.1. The summed E-state index contributed by atoms with van der Waals surface area (Å²) in [4.78, 5) is 14.0. The highest BCUT2D eigenvalue weighted by atomic mass is 32.2. The van der Waals surface area contributed by atoms with Crippen molar-refractivity contribution in [3.63, 3.8) is 0 Å². The summed E-state index contributed by atoms with van der Waals surface area (Å²) in [6.45, 7) is 3.72. The van der Waals surface area contributed by atoms with Crippen LogP contribution >= 0.6 is 11.3 Å². The molecule has 0 aliphatic heterocycles. The zero-order chi connectivity index (χ0) is 21.6. The standard InChI is InChI=1S/C23H26N2O3S2/c1-3-7-17-11-13-18(14-12-17)22(21-10-6-15-29-21)24-23(26)19-8-5-9-20(16-19)25-30(27,28)4-2/h5-6,8-16,22,25H,3-4,7H2,1-2H3,(H,24,26). The summed E-state index contributed by atoms with van der Waals surface area (Å²) in [7, 11) is -3.41. The average molecular weight is 443 g/mol. The Morgan fingerprint density at radius 2 is 1.80 bits per heavy atom. The first-order valence-corrected chi connectivity index (χ1v) is 12.5. The largest absolute Gasteiger partial charge is 0.340 e. The number of hydrogen-bond acceptors (Lipinski definition) is 4. The number of anilines is 1. The number of carbonyl (C=O) groups excluding carboxylic acids is 1. The summed E-state index contributed by atoms with van der Waals surface area (Å²) in [5, 5.41) is 5.09. The summed E-state index contributed by atoms with van der Waals surface area (Å²) >= 11 is 1.59. The van der Waals surface area contributed by atoms with E-state index in [1.54, 1.807) is 42.5 Å². The Hall–Kier alpha value is -2.64. The third kappa shape index (κ3) is 5.70. The predicted molar refractivity (Wildman–Crippen MR) is 124 cm³/mol. The van der Waals surface area contributed by atoms with Crippen molar-refractivity contribution < 1.29 is 13.2 Å². The molecule has 1 heterocycles. The number of rotatable bonds is 9. The van der Waals surface area contributed by atoms with Gasteiger partial charge in [0.25, 0.3) is 5.91 Å². The molecule has 158 valence electrons. The van der Waals surface area contributed by atoms with Gasteiger partial charge in [0, 0.05) is 16.1 Å². The molecule has 1 unspecified atom stereocenters. The molecule has 1 amide bonds. The van der Waals surface area contributed by atoms with Gasteiger partial charge in [0.2, 0.25) is 10.0 Å². The third-order valence-corrected chi connectivity index (χ3v) is 6.98. The van der Waals surface area contributed by atoms with Crippen molar-refractivity contribution in [3.8, 4) is 0 Å². The van der Waals surface area contributed by atoms with E-state index >= 15 is 0 Å². The molecule has 1 atom stereocenters. The van der Waals surface area contributed by atoms with Crippen LogP contribution < -0.4 is 10.0 Å². The number of sulfonamides is 1. The molecule has 3 aromatic rings. The lowest BCUT2D eigenvalue weighted by Crippen LogP contribution is -2.29. The van der Waals surface area contributed by atoms with E-state index in [4.69, 9.17) is 0 Å². The lowest BCUT2D eigenvalue weighted by Gasteiger charge is -2.19. The van der Waals surface area contributed by atoms with E-state index in [1.807, 2.05) is 17.5 Å². The topological polar surface area (TPSA) is 75.3 Å². The number of aryl methyl sites for hydroxylation is 1. The van der Waals surface area contributed by atoms with E-state index in [9.17, 15) is 13.2 Å². The summed E-state index contributed by atoms with van der Waals surface area (Å²) in [6, 6.07) is 18.5. The molecule has 2 N–H and O–H groups in total. The second kappa shape index (κ2) is 9.91. The van der Waals surface area contributed by atoms with Gasteiger partial charge in [0.05, 0.1) is 11.8 Å². The highest BCUT2D eigenvalue weighted by Crippen LogP contribution is 2.27. The summed E-state index contributed by atoms with van der Waals surface area (Å²) in [5.41, 5.74) is 3.05. The maximum atomic E-state index is 13.0. The van der Waals surface area contributed by atoms with Crippen LogP contribution in [0.15, 0.2) is 66.0 Å². The van der Waals surface area contributed by atoms with Crippen molar-refractivity contribution in [2.45, 2.75) is 32.7 Å². The van der Waals surface area contributed by atoms with E-state index in [2.05, 4.69) is 41.2 Å². The fraction of sp³-hybridized carbons (Fsp3) is 0.261. The molecule has 0 saturated heterocycles. The first-order chi connectivity index (χ1) is 14.4. The van der Waals surface area contributed by atoms with Gasteiger partial charge in [-0.15, -0.1) is 11.3 Å². The molecular formula is C23H26N2O3S2. The normalized spacial score (nSPS) is 12.3. The van der Waals surface area contributed by atoms with Crippen molar-refractivity contribution >= 4 is 33.0 Å². The van der Waals surface area contributed by atoms with Gasteiger partial charge in [-0.25, -0.2) is 8.42 Å². The molecule has 0 aliphatic rings. The lowest BCUT2D eigenvalue weighted by molar-refractivity contribution is 0.0943. The van der Waals surface area contributed by atoms with E-state index < -0.39 is 10.0 Å². The molecule has 3 rings (SSSR count). The second-order valence-electron chi connectivity index (χ2n) is 7.00. The van der Waals surface area contributed by atoms with E-state index in [1.165, 1.54) is 5.56 Å². The van der Waals surface area contributed by atoms with E-state index in [0.29, 0.717) is 11.3 Å². The third-order valence-electron chi connectivity index (χ3n) is 4.73. The summed E-state index contributed by atoms with van der Waals surface area (Å²) < 4.78 is 26.2. The highest BCUT2D eigenvalue weighted by Gasteiger charge is 2.19. The van der Waals surface area contributed by atoms with Gasteiger partial charge in [0.15, 0.2) is 0 Å². The molecule has 0 radical (unpaired) electrons. The highest BCUT2D eigenvalue weighted by molar-refractivity contribution is 7.92. The van der Waals surface area contributed by atoms with Crippen LogP contribution in [-0.4, -0.2) is 20.1 Å². The minimum atomic E-state index is -3.41. The number of carbonyl (C=O) groups is 1. The van der Waals surface area contributed by atoms with Gasteiger partial charge in [-0.2, -0.15) is 0 Å². The maximum absolute atomic E-state index is 13.0. The molecule has 2 aromatic carbocycles. The summed E-state index contributed by atoms with van der Waals surface area (Å²) in [5.74, 6) is -0.290. The van der Waals surface area contributed by atoms with Crippen LogP contribution in [-0.2, 0) is 16.4 Å². The predicted octanol–water partition coefficient (Wildman–Crippen LogP) is 4.98. The minimum Gasteiger partial charge on any atom is -0.340 e. The van der Waals surface area contributed by atoms with Gasteiger partial charge in [-0.05, 0) is 54.1 Å². The van der Waals surface area contributed by atoms with Crippen LogP contribution in [0.3, 0.4) is 0 Å². The number of amides is 1. The molecule has 30 heavy (non-hydrogen) atoms. The van der Waals surface area contributed by atoms with Crippen LogP contribution in [0.5, 0.6) is 0 Å². The first-order valence-electron chi connectivity index (χ1n) is 9.95. The average Bonchev–Trinajstić information content (AvgIpc) is 3.27. The Labute approximate surface area is 182 Å². The molecule has 0 spiro atoms. The quantitative estimate of drug-likeness (QED) is 0.491. The van der Waals surface area contributed by atoms with Crippen molar-refractivity contribution in [1.82, 2.24) is 5.32 Å². The van der Waals surface area contributed by atoms with Gasteiger partial charge >= 0.3 is 0 Å². The molecule has 5 nitrogen and oxygen atoms in total. The van der Waals surface area contributed by atoms with E-state index in [-0.39, 0.29) is 17.7 Å². The molecule has 1 aromatic heterocycles. The van der Waals surface area contributed by atoms with Gasteiger partial charge in [-0.3, -0.25) is 9.52 Å². The molecule has 0 bridgehead atoms. The SMILES string of the molecule is CCCc1ccc(C(NC(=O)c2cccc(NS(=O)(=O)CC)c2)c2cccs2)cc1. The Balaban J connectivity index is 1.84. The van der Waals surface area contributed by atoms with Gasteiger partial charge in [0.1, 0.15) is 0 Å². The fourth-order valence-corrected chi connectivity index (χ4v) is 4.56. The zero-order valence-electron chi connectivity index (χ0n) is 17.1. The number of benzene rings is 2. The Morgan fingerprint density at radius 1 is 1.03 bits per heavy atom. The van der Waals surface area contributed by atoms with Gasteiger partial charge < -0.3 is 5.32 Å². The number of thiophene rings is 1. The van der Waals surface area contributed by atoms with Crippen molar-refractivity contribution in [2.24, 2.45) is 0 Å². The molecular weight excluding hydrogens is 416 g/mol. The maximum Gasteiger partial charge on any atom is 0.252 e. The van der Waals surface area contributed by atoms with Crippen LogP contribution in [0.1, 0.15) is 52.7 Å². The Morgan fingerprint density at radius 3 is 2.43 bits per heavy atom. The Kier molecular flexibility index (Phi) is 7.29. The Bertz CT molecular complexity index is 1080.